The van der Waals surface area contributed by atoms with Gasteiger partial charge in [-0.3, -0.25) is 9.59 Å². The first-order chi connectivity index (χ1) is 18.7. The van der Waals surface area contributed by atoms with Crippen molar-refractivity contribution in [1.29, 1.82) is 0 Å². The summed E-state index contributed by atoms with van der Waals surface area (Å²) in [5.41, 5.74) is 2.48. The normalized spacial score (nSPS) is 10.8. The molecule has 0 N–H and O–H groups in total. The van der Waals surface area contributed by atoms with Crippen molar-refractivity contribution in [3.8, 4) is 11.5 Å². The Hall–Kier alpha value is -2.78. The van der Waals surface area contributed by atoms with Gasteiger partial charge in [0.2, 0.25) is 5.91 Å². The number of halogens is 2. The quantitative estimate of drug-likeness (QED) is 0.211. The molecule has 0 radical (unpaired) electrons. The summed E-state index contributed by atoms with van der Waals surface area (Å²) >= 11 is 13.9. The number of hydrogen-bond donors (Lipinski definition) is 0. The van der Waals surface area contributed by atoms with Crippen LogP contribution in [0, 0.1) is 6.92 Å². The fourth-order valence-electron chi connectivity index (χ4n) is 4.11. The Morgan fingerprint density at radius 1 is 0.897 bits per heavy atom. The molecule has 3 aromatic rings. The van der Waals surface area contributed by atoms with Crippen molar-refractivity contribution in [3.63, 3.8) is 0 Å². The number of rotatable bonds is 14. The summed E-state index contributed by atoms with van der Waals surface area (Å²) in [4.78, 5) is 31.6. The van der Waals surface area contributed by atoms with Gasteiger partial charge in [0.25, 0.3) is 5.91 Å². The third kappa shape index (κ3) is 8.86. The maximum Gasteiger partial charge on any atom is 0.254 e. The average molecular weight is 594 g/mol. The lowest BCUT2D eigenvalue weighted by molar-refractivity contribution is -0.132. The van der Waals surface area contributed by atoms with Crippen molar-refractivity contribution >= 4 is 46.4 Å². The number of nitrogens with zero attached hydrogens (tertiary/aromatic N) is 2. The number of thiophene rings is 1. The molecule has 10 heteroatoms. The summed E-state index contributed by atoms with van der Waals surface area (Å²) in [7, 11) is 4.80. The van der Waals surface area contributed by atoms with E-state index in [2.05, 4.69) is 0 Å². The first kappa shape index (κ1) is 30.8. The standard InChI is InChI=1S/C29H34Cl2N2O5S/c1-20-9-13-39-27(20)18-32(11-8-21-6-7-25(37-3)26(14-21)38-4)28(34)19-33(10-5-12-36-2)29(35)22-15-23(30)17-24(31)16-22/h6-7,9,13-17H,5,8,10-12,18-19H2,1-4H3. The van der Waals surface area contributed by atoms with Crippen molar-refractivity contribution in [2.45, 2.75) is 26.3 Å². The van der Waals surface area contributed by atoms with Crippen molar-refractivity contribution in [2.24, 2.45) is 0 Å². The summed E-state index contributed by atoms with van der Waals surface area (Å²) in [5.74, 6) is 0.824. The Morgan fingerprint density at radius 2 is 1.62 bits per heavy atom. The lowest BCUT2D eigenvalue weighted by Crippen LogP contribution is -2.44. The molecule has 1 aromatic heterocycles. The molecule has 7 nitrogen and oxygen atoms in total. The molecule has 2 aromatic carbocycles. The van der Waals surface area contributed by atoms with Crippen LogP contribution in [0.4, 0.5) is 0 Å². The highest BCUT2D eigenvalue weighted by Crippen LogP contribution is 2.28. The second-order valence-corrected chi connectivity index (χ2v) is 10.9. The van der Waals surface area contributed by atoms with E-state index >= 15 is 0 Å². The number of hydrogen-bond acceptors (Lipinski definition) is 6. The zero-order valence-corrected chi connectivity index (χ0v) is 25.0. The summed E-state index contributed by atoms with van der Waals surface area (Å²) in [6.07, 6.45) is 1.19. The molecule has 0 aliphatic carbocycles. The minimum Gasteiger partial charge on any atom is -0.493 e. The summed E-state index contributed by atoms with van der Waals surface area (Å²) in [6, 6.07) is 12.5. The van der Waals surface area contributed by atoms with E-state index in [9.17, 15) is 9.59 Å². The summed E-state index contributed by atoms with van der Waals surface area (Å²) < 4.78 is 16.0. The molecular weight excluding hydrogens is 559 g/mol. The van der Waals surface area contributed by atoms with Crippen LogP contribution in [0.15, 0.2) is 47.8 Å². The molecule has 2 amide bonds. The lowest BCUT2D eigenvalue weighted by Gasteiger charge is -2.28. The van der Waals surface area contributed by atoms with Crippen LogP contribution in [-0.2, 0) is 22.5 Å². The molecule has 0 aliphatic heterocycles. The van der Waals surface area contributed by atoms with Gasteiger partial charge in [-0.1, -0.05) is 29.3 Å². The van der Waals surface area contributed by atoms with Gasteiger partial charge in [0.15, 0.2) is 11.5 Å². The van der Waals surface area contributed by atoms with Crippen molar-refractivity contribution < 1.29 is 23.8 Å². The number of benzene rings is 2. The highest BCUT2D eigenvalue weighted by atomic mass is 35.5. The maximum absolute atomic E-state index is 13.7. The zero-order valence-electron chi connectivity index (χ0n) is 22.7. The number of carbonyl (C=O) groups is 2. The Morgan fingerprint density at radius 3 is 2.23 bits per heavy atom. The Kier molecular flexibility index (Phi) is 11.9. The third-order valence-corrected chi connectivity index (χ3v) is 7.72. The van der Waals surface area contributed by atoms with Gasteiger partial charge in [-0.15, -0.1) is 11.3 Å². The minimum atomic E-state index is -0.309. The second kappa shape index (κ2) is 15.1. The molecular formula is C29H34Cl2N2O5S. The highest BCUT2D eigenvalue weighted by molar-refractivity contribution is 7.10. The van der Waals surface area contributed by atoms with Gasteiger partial charge in [0.05, 0.1) is 20.8 Å². The van der Waals surface area contributed by atoms with Gasteiger partial charge in [-0.25, -0.2) is 0 Å². The number of aryl methyl sites for hydroxylation is 1. The first-order valence-corrected chi connectivity index (χ1v) is 14.1. The van der Waals surface area contributed by atoms with Crippen LogP contribution >= 0.6 is 34.5 Å². The molecule has 210 valence electrons. The predicted octanol–water partition coefficient (Wildman–Crippen LogP) is 6.13. The van der Waals surface area contributed by atoms with E-state index in [1.54, 1.807) is 55.8 Å². The van der Waals surface area contributed by atoms with Crippen LogP contribution in [0.5, 0.6) is 11.5 Å². The number of methoxy groups -OCH3 is 3. The maximum atomic E-state index is 13.7. The lowest BCUT2D eigenvalue weighted by atomic mass is 10.1. The molecule has 0 spiro atoms. The molecule has 0 unspecified atom stereocenters. The van der Waals surface area contributed by atoms with Gasteiger partial charge in [0, 0.05) is 47.3 Å². The fourth-order valence-corrected chi connectivity index (χ4v) is 5.55. The number of ether oxygens (including phenoxy) is 3. The third-order valence-electron chi connectivity index (χ3n) is 6.27. The van der Waals surface area contributed by atoms with Crippen LogP contribution in [0.2, 0.25) is 10.0 Å². The zero-order chi connectivity index (χ0) is 28.4. The topological polar surface area (TPSA) is 68.3 Å². The molecule has 0 aliphatic rings. The molecule has 1 heterocycles. The Labute approximate surface area is 244 Å². The van der Waals surface area contributed by atoms with Crippen LogP contribution < -0.4 is 9.47 Å². The second-order valence-electron chi connectivity index (χ2n) is 9.01. The monoisotopic (exact) mass is 592 g/mol. The van der Waals surface area contributed by atoms with E-state index in [1.807, 2.05) is 36.6 Å². The van der Waals surface area contributed by atoms with E-state index in [0.717, 1.165) is 16.0 Å². The number of amides is 2. The van der Waals surface area contributed by atoms with E-state index in [-0.39, 0.29) is 18.4 Å². The van der Waals surface area contributed by atoms with Gasteiger partial charge in [0.1, 0.15) is 6.54 Å². The van der Waals surface area contributed by atoms with Crippen LogP contribution in [-0.4, -0.2) is 69.2 Å². The molecule has 0 fully saturated rings. The van der Waals surface area contributed by atoms with Crippen molar-refractivity contribution in [3.05, 3.63) is 79.5 Å². The van der Waals surface area contributed by atoms with Gasteiger partial charge < -0.3 is 24.0 Å². The van der Waals surface area contributed by atoms with Gasteiger partial charge >= 0.3 is 0 Å². The molecule has 0 saturated carbocycles. The van der Waals surface area contributed by atoms with E-state index in [4.69, 9.17) is 37.4 Å². The molecule has 0 atom stereocenters. The summed E-state index contributed by atoms with van der Waals surface area (Å²) in [6.45, 7) is 3.69. The van der Waals surface area contributed by atoms with Crippen LogP contribution in [0.1, 0.15) is 32.8 Å². The largest absolute Gasteiger partial charge is 0.493 e. The molecule has 39 heavy (non-hydrogen) atoms. The van der Waals surface area contributed by atoms with E-state index < -0.39 is 0 Å². The fraction of sp³-hybridized carbons (Fsp3) is 0.379. The van der Waals surface area contributed by atoms with Crippen molar-refractivity contribution in [2.75, 3.05) is 47.6 Å². The summed E-state index contributed by atoms with van der Waals surface area (Å²) in [5, 5.41) is 2.74. The average Bonchev–Trinajstić information content (AvgIpc) is 3.33. The highest BCUT2D eigenvalue weighted by Gasteiger charge is 2.24. The van der Waals surface area contributed by atoms with Crippen LogP contribution in [0.3, 0.4) is 0 Å². The Balaban J connectivity index is 1.82. The van der Waals surface area contributed by atoms with Gasteiger partial charge in [-0.2, -0.15) is 0 Å². The predicted molar refractivity (Wildman–Crippen MR) is 157 cm³/mol. The minimum absolute atomic E-state index is 0.0803. The van der Waals surface area contributed by atoms with E-state index in [0.29, 0.717) is 66.2 Å². The van der Waals surface area contributed by atoms with Gasteiger partial charge in [-0.05, 0) is 72.7 Å². The number of carbonyl (C=O) groups excluding carboxylic acids is 2. The SMILES string of the molecule is COCCCN(CC(=O)N(CCc1ccc(OC)c(OC)c1)Cc1sccc1C)C(=O)c1cc(Cl)cc(Cl)c1. The van der Waals surface area contributed by atoms with Crippen molar-refractivity contribution in [1.82, 2.24) is 9.80 Å². The molecule has 0 saturated heterocycles. The Bertz CT molecular complexity index is 1250. The van der Waals surface area contributed by atoms with Crippen LogP contribution in [0.25, 0.3) is 0 Å². The molecule has 0 bridgehead atoms. The first-order valence-electron chi connectivity index (χ1n) is 12.5. The smallest absolute Gasteiger partial charge is 0.254 e. The van der Waals surface area contributed by atoms with E-state index in [1.165, 1.54) is 4.90 Å². The molecule has 3 rings (SSSR count).